The molecule has 1 amide bonds. The molecule has 0 spiro atoms. The number of alkyl halides is 3. The highest BCUT2D eigenvalue weighted by Gasteiger charge is 2.43. The number of non-ortho nitro benzene ring substituents is 1. The fourth-order valence-corrected chi connectivity index (χ4v) is 2.95. The van der Waals surface area contributed by atoms with Crippen LogP contribution in [0.15, 0.2) is 24.5 Å². The molecule has 1 aromatic carbocycles. The van der Waals surface area contributed by atoms with Gasteiger partial charge < -0.3 is 9.47 Å². The number of aromatic nitrogens is 2. The lowest BCUT2D eigenvalue weighted by atomic mass is 10.0. The molecule has 1 aliphatic rings. The van der Waals surface area contributed by atoms with Gasteiger partial charge in [-0.15, -0.1) is 0 Å². The first-order chi connectivity index (χ1) is 11.3. The van der Waals surface area contributed by atoms with E-state index in [4.69, 9.17) is 0 Å². The van der Waals surface area contributed by atoms with Gasteiger partial charge in [0.1, 0.15) is 0 Å². The van der Waals surface area contributed by atoms with Crippen molar-refractivity contribution < 1.29 is 22.9 Å². The quantitative estimate of drug-likeness (QED) is 0.621. The predicted octanol–water partition coefficient (Wildman–Crippen LogP) is 2.67. The van der Waals surface area contributed by atoms with Gasteiger partial charge in [-0.1, -0.05) is 0 Å². The number of fused-ring (bicyclic) bond motifs is 1. The van der Waals surface area contributed by atoms with Gasteiger partial charge in [-0.2, -0.15) is 13.2 Å². The molecule has 1 aromatic heterocycles. The summed E-state index contributed by atoms with van der Waals surface area (Å²) in [5, 5.41) is 10.8. The van der Waals surface area contributed by atoms with Crippen LogP contribution in [-0.2, 0) is 4.79 Å². The van der Waals surface area contributed by atoms with Crippen molar-refractivity contribution in [2.45, 2.75) is 25.1 Å². The van der Waals surface area contributed by atoms with Crippen molar-refractivity contribution in [3.8, 4) is 0 Å². The van der Waals surface area contributed by atoms with Crippen LogP contribution in [0.4, 0.5) is 18.9 Å². The Labute approximate surface area is 133 Å². The van der Waals surface area contributed by atoms with Gasteiger partial charge in [-0.25, -0.2) is 4.98 Å². The fourth-order valence-electron chi connectivity index (χ4n) is 2.95. The van der Waals surface area contributed by atoms with Crippen molar-refractivity contribution >= 4 is 22.6 Å². The SMILES string of the molecule is O=C(N1CCC(n2cnc3cc([N+](=O)[O-])ccc32)CC1)C(F)(F)F. The molecule has 7 nitrogen and oxygen atoms in total. The number of carbonyl (C=O) groups is 1. The molecule has 3 rings (SSSR count). The molecule has 0 radical (unpaired) electrons. The van der Waals surface area contributed by atoms with Gasteiger partial charge in [-0.05, 0) is 18.9 Å². The maximum Gasteiger partial charge on any atom is 0.471 e. The van der Waals surface area contributed by atoms with Crippen LogP contribution in [0.2, 0.25) is 0 Å². The van der Waals surface area contributed by atoms with Gasteiger partial charge in [0.05, 0.1) is 22.3 Å². The first-order valence-corrected chi connectivity index (χ1v) is 7.24. The van der Waals surface area contributed by atoms with Crippen molar-refractivity contribution in [1.82, 2.24) is 14.5 Å². The van der Waals surface area contributed by atoms with Crippen LogP contribution in [0.3, 0.4) is 0 Å². The van der Waals surface area contributed by atoms with E-state index in [2.05, 4.69) is 4.98 Å². The zero-order valence-electron chi connectivity index (χ0n) is 12.4. The molecule has 24 heavy (non-hydrogen) atoms. The van der Waals surface area contributed by atoms with Crippen molar-refractivity contribution in [2.75, 3.05) is 13.1 Å². The number of nitro benzene ring substituents is 1. The molecule has 1 fully saturated rings. The van der Waals surface area contributed by atoms with Gasteiger partial charge in [0, 0.05) is 31.3 Å². The highest BCUT2D eigenvalue weighted by molar-refractivity contribution is 5.82. The minimum Gasteiger partial charge on any atom is -0.335 e. The standard InChI is InChI=1S/C14H13F3N4O3/c15-14(16,17)13(22)19-5-3-9(4-6-19)20-8-18-11-7-10(21(23)24)1-2-12(11)20/h1-2,7-9H,3-6H2. The number of carbonyl (C=O) groups excluding carboxylic acids is 1. The largest absolute Gasteiger partial charge is 0.471 e. The maximum atomic E-state index is 12.5. The number of imidazole rings is 1. The summed E-state index contributed by atoms with van der Waals surface area (Å²) in [6.45, 7) is 0.0192. The number of halogens is 3. The van der Waals surface area contributed by atoms with E-state index in [1.807, 2.05) is 0 Å². The van der Waals surface area contributed by atoms with Crippen molar-refractivity contribution in [2.24, 2.45) is 0 Å². The highest BCUT2D eigenvalue weighted by Crippen LogP contribution is 2.30. The van der Waals surface area contributed by atoms with Crippen LogP contribution < -0.4 is 0 Å². The van der Waals surface area contributed by atoms with Gasteiger partial charge in [0.2, 0.25) is 0 Å². The summed E-state index contributed by atoms with van der Waals surface area (Å²) in [5.74, 6) is -1.81. The monoisotopic (exact) mass is 342 g/mol. The number of nitro groups is 1. The molecule has 128 valence electrons. The van der Waals surface area contributed by atoms with E-state index in [-0.39, 0.29) is 24.8 Å². The Balaban J connectivity index is 1.76. The predicted molar refractivity (Wildman–Crippen MR) is 77.3 cm³/mol. The molecule has 0 saturated carbocycles. The average molecular weight is 342 g/mol. The van der Waals surface area contributed by atoms with E-state index in [0.717, 1.165) is 4.90 Å². The minimum atomic E-state index is -4.85. The van der Waals surface area contributed by atoms with Crippen molar-refractivity contribution in [3.05, 3.63) is 34.6 Å². The number of nitrogens with zero attached hydrogens (tertiary/aromatic N) is 4. The molecule has 1 aliphatic heterocycles. The molecular weight excluding hydrogens is 329 g/mol. The highest BCUT2D eigenvalue weighted by atomic mass is 19.4. The van der Waals surface area contributed by atoms with Gasteiger partial charge in [-0.3, -0.25) is 14.9 Å². The summed E-state index contributed by atoms with van der Waals surface area (Å²) in [4.78, 5) is 26.4. The number of likely N-dealkylation sites (tertiary alicyclic amines) is 1. The van der Waals surface area contributed by atoms with Crippen molar-refractivity contribution in [3.63, 3.8) is 0 Å². The second kappa shape index (κ2) is 5.77. The smallest absolute Gasteiger partial charge is 0.335 e. The molecule has 0 unspecified atom stereocenters. The molecule has 10 heteroatoms. The summed E-state index contributed by atoms with van der Waals surface area (Å²) in [7, 11) is 0. The van der Waals surface area contributed by atoms with Gasteiger partial charge >= 0.3 is 12.1 Å². The third kappa shape index (κ3) is 2.91. The summed E-state index contributed by atoms with van der Waals surface area (Å²) >= 11 is 0. The van der Waals surface area contributed by atoms with E-state index >= 15 is 0 Å². The number of rotatable bonds is 2. The first-order valence-electron chi connectivity index (χ1n) is 7.24. The minimum absolute atomic E-state index is 0.00959. The Morgan fingerprint density at radius 1 is 1.29 bits per heavy atom. The van der Waals surface area contributed by atoms with Crippen LogP contribution in [0.25, 0.3) is 11.0 Å². The van der Waals surface area contributed by atoms with Crippen LogP contribution in [0.5, 0.6) is 0 Å². The Kier molecular flexibility index (Phi) is 3.90. The molecule has 0 bridgehead atoms. The molecule has 0 atom stereocenters. The second-order valence-electron chi connectivity index (χ2n) is 5.60. The maximum absolute atomic E-state index is 12.5. The Bertz CT molecular complexity index is 794. The van der Waals surface area contributed by atoms with E-state index < -0.39 is 17.0 Å². The molecule has 0 N–H and O–H groups in total. The summed E-state index contributed by atoms with van der Waals surface area (Å²) in [5.41, 5.74) is 1.07. The average Bonchev–Trinajstić information content (AvgIpc) is 2.96. The molecule has 1 saturated heterocycles. The summed E-state index contributed by atoms with van der Waals surface area (Å²) < 4.78 is 39.2. The third-order valence-electron chi connectivity index (χ3n) is 4.16. The van der Waals surface area contributed by atoms with Crippen LogP contribution in [-0.4, -0.2) is 44.5 Å². The lowest BCUT2D eigenvalue weighted by Gasteiger charge is -2.33. The van der Waals surface area contributed by atoms with Crippen LogP contribution in [0.1, 0.15) is 18.9 Å². The third-order valence-corrected chi connectivity index (χ3v) is 4.16. The second-order valence-corrected chi connectivity index (χ2v) is 5.60. The number of piperidine rings is 1. The fraction of sp³-hybridized carbons (Fsp3) is 0.429. The topological polar surface area (TPSA) is 81.3 Å². The lowest BCUT2D eigenvalue weighted by Crippen LogP contribution is -2.45. The molecule has 2 aromatic rings. The van der Waals surface area contributed by atoms with Crippen molar-refractivity contribution in [1.29, 1.82) is 0 Å². The summed E-state index contributed by atoms with van der Waals surface area (Å²) in [6.07, 6.45) is -2.59. The Morgan fingerprint density at radius 3 is 2.54 bits per heavy atom. The number of benzene rings is 1. The Morgan fingerprint density at radius 2 is 1.96 bits per heavy atom. The lowest BCUT2D eigenvalue weighted by molar-refractivity contribution is -0.384. The number of amides is 1. The number of hydrogen-bond donors (Lipinski definition) is 0. The summed E-state index contributed by atoms with van der Waals surface area (Å²) in [6, 6.07) is 4.19. The number of hydrogen-bond acceptors (Lipinski definition) is 4. The first kappa shape index (κ1) is 16.2. The zero-order valence-corrected chi connectivity index (χ0v) is 12.4. The normalized spacial score (nSPS) is 16.5. The molecule has 2 heterocycles. The Hall–Kier alpha value is -2.65. The molecule has 0 aliphatic carbocycles. The van der Waals surface area contributed by atoms with Gasteiger partial charge in [0.25, 0.3) is 5.69 Å². The van der Waals surface area contributed by atoms with E-state index in [1.165, 1.54) is 18.5 Å². The van der Waals surface area contributed by atoms with Crippen LogP contribution >= 0.6 is 0 Å². The van der Waals surface area contributed by atoms with Gasteiger partial charge in [0.15, 0.2) is 0 Å². The van der Waals surface area contributed by atoms with E-state index in [9.17, 15) is 28.1 Å². The van der Waals surface area contributed by atoms with E-state index in [1.54, 1.807) is 10.6 Å². The zero-order chi connectivity index (χ0) is 17.5. The molecular formula is C14H13F3N4O3. The van der Waals surface area contributed by atoms with E-state index in [0.29, 0.717) is 23.9 Å². The van der Waals surface area contributed by atoms with Crippen LogP contribution in [0, 0.1) is 10.1 Å².